The van der Waals surface area contributed by atoms with Gasteiger partial charge in [0.1, 0.15) is 28.6 Å². The average Bonchev–Trinajstić information content (AvgIpc) is 3.76. The van der Waals surface area contributed by atoms with Gasteiger partial charge in [-0.05, 0) is 86.8 Å². The van der Waals surface area contributed by atoms with Crippen LogP contribution in [0.2, 0.25) is 0 Å². The number of aryl methyl sites for hydroxylation is 1. The number of piperazine rings is 1. The van der Waals surface area contributed by atoms with Gasteiger partial charge in [0.25, 0.3) is 0 Å². The molecule has 6 fully saturated rings. The SMILES string of the molecule is C#Cc1c(F)ccc2cc(O)cc(-c3nc4c5c(nc(OCC6(CN7CC8CC(C8)C7)CC6)nc5c3F)N3C[C@H]5CC[C@H](N5)[C@H]3CC4)c12. The third-order valence-corrected chi connectivity index (χ3v) is 12.2. The topological polar surface area (TPSA) is 86.6 Å². The summed E-state index contributed by atoms with van der Waals surface area (Å²) in [6.07, 6.45) is 14.3. The number of pyridine rings is 1. The van der Waals surface area contributed by atoms with Gasteiger partial charge in [0.2, 0.25) is 0 Å². The molecule has 0 radical (unpaired) electrons. The highest BCUT2D eigenvalue weighted by Crippen LogP contribution is 2.49. The van der Waals surface area contributed by atoms with Crippen LogP contribution in [0.5, 0.6) is 11.8 Å². The van der Waals surface area contributed by atoms with Crippen LogP contribution in [0.4, 0.5) is 14.6 Å². The number of nitrogens with zero attached hydrogens (tertiary/aromatic N) is 5. The number of phenolic OH excluding ortho intramolecular Hbond substituents is 1. The van der Waals surface area contributed by atoms with Gasteiger partial charge < -0.3 is 25.0 Å². The molecule has 4 saturated heterocycles. The van der Waals surface area contributed by atoms with Gasteiger partial charge in [-0.2, -0.15) is 9.97 Å². The summed E-state index contributed by atoms with van der Waals surface area (Å²) >= 11 is 0. The van der Waals surface area contributed by atoms with Crippen LogP contribution >= 0.6 is 0 Å². The van der Waals surface area contributed by atoms with Crippen LogP contribution in [-0.4, -0.2) is 75.9 Å². The molecule has 2 N–H and O–H groups in total. The predicted molar refractivity (Wildman–Crippen MR) is 179 cm³/mol. The molecule has 7 heterocycles. The number of aromatic hydroxyl groups is 1. The van der Waals surface area contributed by atoms with E-state index in [0.717, 1.165) is 57.0 Å². The monoisotopic (exact) mass is 648 g/mol. The van der Waals surface area contributed by atoms with E-state index in [4.69, 9.17) is 26.1 Å². The van der Waals surface area contributed by atoms with Crippen molar-refractivity contribution in [3.63, 3.8) is 0 Å². The van der Waals surface area contributed by atoms with E-state index in [1.165, 1.54) is 50.2 Å². The van der Waals surface area contributed by atoms with E-state index < -0.39 is 11.6 Å². The molecule has 0 spiro atoms. The molecule has 10 heteroatoms. The number of benzene rings is 2. The van der Waals surface area contributed by atoms with Crippen molar-refractivity contribution in [2.75, 3.05) is 37.7 Å². The van der Waals surface area contributed by atoms with Crippen LogP contribution < -0.4 is 15.0 Å². The lowest BCUT2D eigenvalue weighted by Gasteiger charge is -2.48. The Bertz CT molecular complexity index is 2040. The number of halogens is 2. The Kier molecular flexibility index (Phi) is 6.30. The van der Waals surface area contributed by atoms with Crippen LogP contribution in [-0.2, 0) is 6.42 Å². The largest absolute Gasteiger partial charge is 0.508 e. The highest BCUT2D eigenvalue weighted by atomic mass is 19.1. The molecular formula is C38H38F2N6O2. The number of phenols is 1. The maximum Gasteiger partial charge on any atom is 0.319 e. The van der Waals surface area contributed by atoms with Crippen molar-refractivity contribution in [1.29, 1.82) is 0 Å². The smallest absolute Gasteiger partial charge is 0.319 e. The first-order chi connectivity index (χ1) is 23.3. The molecule has 4 aromatic rings. The lowest BCUT2D eigenvalue weighted by atomic mass is 9.71. The third kappa shape index (κ3) is 4.50. The molecule has 11 rings (SSSR count). The van der Waals surface area contributed by atoms with E-state index in [2.05, 4.69) is 21.0 Å². The number of terminal acetylenes is 1. The number of aromatic nitrogens is 3. The zero-order valence-electron chi connectivity index (χ0n) is 26.8. The minimum absolute atomic E-state index is 0.00188. The van der Waals surface area contributed by atoms with Crippen molar-refractivity contribution in [3.05, 3.63) is 47.2 Å². The summed E-state index contributed by atoms with van der Waals surface area (Å²) < 4.78 is 38.6. The number of fused-ring (bicyclic) bond motifs is 8. The van der Waals surface area contributed by atoms with Crippen LogP contribution in [0.1, 0.15) is 56.2 Å². The molecule has 2 aromatic heterocycles. The Balaban J connectivity index is 1.10. The quantitative estimate of drug-likeness (QED) is 0.263. The Hall–Kier alpha value is -4.07. The molecule has 246 valence electrons. The molecule has 48 heavy (non-hydrogen) atoms. The molecule has 4 bridgehead atoms. The Morgan fingerprint density at radius 1 is 1.02 bits per heavy atom. The van der Waals surface area contributed by atoms with Crippen molar-refractivity contribution in [2.45, 2.75) is 69.5 Å². The first-order valence-electron chi connectivity index (χ1n) is 17.5. The standard InChI is InChI=1S/C38H38F2N6O2/c1-2-25-27(39)5-3-22-13-24(47)14-26(31(22)25)34-33(40)35-32-29(42-34)7-8-30-28-6-4-23(41-28)17-46(30)36(32)44-37(43-35)48-19-38(9-10-38)18-45-15-20-11-21(12-20)16-45/h1,3,5,13-14,20-21,23,28,30,41,47H,4,6-12,15-19H2/t20?,21?,23-,28+,30-/m1/s1. The molecule has 3 atom stereocenters. The van der Waals surface area contributed by atoms with Crippen molar-refractivity contribution >= 4 is 27.5 Å². The van der Waals surface area contributed by atoms with Gasteiger partial charge in [-0.15, -0.1) is 6.42 Å². The number of ether oxygens (including phenoxy) is 1. The van der Waals surface area contributed by atoms with E-state index in [-0.39, 0.29) is 45.6 Å². The van der Waals surface area contributed by atoms with Crippen LogP contribution in [0.15, 0.2) is 24.3 Å². The number of rotatable bonds is 6. The second kappa shape index (κ2) is 10.5. The molecule has 2 aromatic carbocycles. The Morgan fingerprint density at radius 2 is 1.85 bits per heavy atom. The second-order valence-corrected chi connectivity index (χ2v) is 15.4. The van der Waals surface area contributed by atoms with Gasteiger partial charge in [0.05, 0.1) is 23.3 Å². The van der Waals surface area contributed by atoms with Crippen molar-refractivity contribution in [1.82, 2.24) is 25.2 Å². The minimum atomic E-state index is -0.661. The lowest BCUT2D eigenvalue weighted by molar-refractivity contribution is 0.0100. The van der Waals surface area contributed by atoms with Crippen LogP contribution in [0.25, 0.3) is 32.9 Å². The first-order valence-corrected chi connectivity index (χ1v) is 17.5. The van der Waals surface area contributed by atoms with E-state index >= 15 is 8.78 Å². The van der Waals surface area contributed by atoms with E-state index in [9.17, 15) is 5.11 Å². The molecule has 0 unspecified atom stereocenters. The summed E-state index contributed by atoms with van der Waals surface area (Å²) in [7, 11) is 0. The summed E-state index contributed by atoms with van der Waals surface area (Å²) in [5.74, 6) is 3.48. The maximum absolute atomic E-state index is 17.1. The summed E-state index contributed by atoms with van der Waals surface area (Å²) in [6, 6.07) is 6.74. The molecule has 5 aliphatic heterocycles. The zero-order valence-corrected chi connectivity index (χ0v) is 26.8. The zero-order chi connectivity index (χ0) is 32.3. The first kappa shape index (κ1) is 28.9. The summed E-state index contributed by atoms with van der Waals surface area (Å²) in [5.41, 5.74) is 1.12. The number of hydrogen-bond donors (Lipinski definition) is 2. The van der Waals surface area contributed by atoms with Crippen LogP contribution in [0.3, 0.4) is 0 Å². The van der Waals surface area contributed by atoms with Crippen LogP contribution in [0, 0.1) is 41.2 Å². The van der Waals surface area contributed by atoms with Gasteiger partial charge in [0.15, 0.2) is 5.82 Å². The molecular weight excluding hydrogens is 610 g/mol. The lowest BCUT2D eigenvalue weighted by Crippen LogP contribution is -2.58. The fourth-order valence-corrected chi connectivity index (χ4v) is 9.69. The van der Waals surface area contributed by atoms with Gasteiger partial charge in [-0.3, -0.25) is 0 Å². The summed E-state index contributed by atoms with van der Waals surface area (Å²) in [6.45, 7) is 4.66. The molecule has 2 saturated carbocycles. The fraction of sp³-hybridized carbons (Fsp3) is 0.500. The second-order valence-electron chi connectivity index (χ2n) is 15.4. The maximum atomic E-state index is 17.1. The number of anilines is 1. The molecule has 8 nitrogen and oxygen atoms in total. The van der Waals surface area contributed by atoms with Gasteiger partial charge in [-0.1, -0.05) is 12.0 Å². The predicted octanol–water partition coefficient (Wildman–Crippen LogP) is 5.57. The molecule has 7 aliphatic rings. The number of hydrogen-bond acceptors (Lipinski definition) is 8. The molecule has 2 aliphatic carbocycles. The van der Waals surface area contributed by atoms with E-state index in [1.54, 1.807) is 0 Å². The highest BCUT2D eigenvalue weighted by Gasteiger charge is 2.48. The Labute approximate surface area is 277 Å². The minimum Gasteiger partial charge on any atom is -0.508 e. The van der Waals surface area contributed by atoms with Gasteiger partial charge >= 0.3 is 6.01 Å². The van der Waals surface area contributed by atoms with Crippen molar-refractivity contribution in [2.24, 2.45) is 17.3 Å². The normalized spacial score (nSPS) is 28.1. The van der Waals surface area contributed by atoms with Gasteiger partial charge in [-0.25, -0.2) is 13.8 Å². The fourth-order valence-electron chi connectivity index (χ4n) is 9.69. The number of nitrogens with one attached hydrogen (secondary N) is 1. The highest BCUT2D eigenvalue weighted by molar-refractivity contribution is 6.03. The molecule has 0 amide bonds. The van der Waals surface area contributed by atoms with Crippen molar-refractivity contribution < 1.29 is 18.6 Å². The number of piperidine rings is 2. The van der Waals surface area contributed by atoms with E-state index in [0.29, 0.717) is 52.8 Å². The van der Waals surface area contributed by atoms with E-state index in [1.807, 2.05) is 0 Å². The third-order valence-electron chi connectivity index (χ3n) is 12.2. The average molecular weight is 649 g/mol. The van der Waals surface area contributed by atoms with Crippen molar-refractivity contribution in [3.8, 4) is 35.4 Å². The summed E-state index contributed by atoms with van der Waals surface area (Å²) in [4.78, 5) is 19.7. The Morgan fingerprint density at radius 3 is 2.65 bits per heavy atom. The summed E-state index contributed by atoms with van der Waals surface area (Å²) in [5, 5.41) is 15.9. The van der Waals surface area contributed by atoms with Gasteiger partial charge in [0, 0.05) is 60.7 Å².